The van der Waals surface area contributed by atoms with Gasteiger partial charge in [0.25, 0.3) is 5.91 Å². The van der Waals surface area contributed by atoms with E-state index < -0.39 is 30.6 Å². The third-order valence-electron chi connectivity index (χ3n) is 8.08. The van der Waals surface area contributed by atoms with Gasteiger partial charge in [-0.15, -0.1) is 0 Å². The summed E-state index contributed by atoms with van der Waals surface area (Å²) < 4.78 is 40.9. The monoisotopic (exact) mass is 611 g/mol. The van der Waals surface area contributed by atoms with Gasteiger partial charge in [0.1, 0.15) is 24.3 Å². The van der Waals surface area contributed by atoms with Crippen molar-refractivity contribution in [3.8, 4) is 23.2 Å². The maximum absolute atomic E-state index is 14.9. The highest BCUT2D eigenvalue weighted by Crippen LogP contribution is 2.34. The van der Waals surface area contributed by atoms with Crippen LogP contribution in [0.15, 0.2) is 48.5 Å². The first-order valence-electron chi connectivity index (χ1n) is 14.4. The molecule has 234 valence electrons. The summed E-state index contributed by atoms with van der Waals surface area (Å²) in [5, 5.41) is 31.9. The van der Waals surface area contributed by atoms with Gasteiger partial charge in [-0.2, -0.15) is 10.2 Å². The molecule has 1 amide bonds. The Balaban J connectivity index is 1.25. The molecule has 2 fully saturated rings. The molecule has 2 aliphatic heterocycles. The molecule has 0 bridgehead atoms. The molecule has 0 spiro atoms. The van der Waals surface area contributed by atoms with Crippen molar-refractivity contribution in [1.82, 2.24) is 24.8 Å². The first-order chi connectivity index (χ1) is 21.0. The summed E-state index contributed by atoms with van der Waals surface area (Å²) >= 11 is 0. The molecule has 1 aromatic carbocycles. The van der Waals surface area contributed by atoms with Crippen LogP contribution < -0.4 is 10.1 Å². The quantitative estimate of drug-likeness (QED) is 0.402. The molecule has 5 rings (SSSR count). The summed E-state index contributed by atoms with van der Waals surface area (Å²) in [6.45, 7) is 4.44. The van der Waals surface area contributed by atoms with Crippen LogP contribution in [0.2, 0.25) is 0 Å². The van der Waals surface area contributed by atoms with E-state index in [-0.39, 0.29) is 48.4 Å². The smallest absolute Gasteiger partial charge is 0.301 e. The van der Waals surface area contributed by atoms with Gasteiger partial charge in [0.05, 0.1) is 31.4 Å². The minimum atomic E-state index is -3.38. The van der Waals surface area contributed by atoms with E-state index in [9.17, 15) is 29.1 Å². The Labute approximate surface area is 253 Å². The Morgan fingerprint density at radius 2 is 2.16 bits per heavy atom. The number of rotatable bonds is 8. The second-order valence-electron chi connectivity index (χ2n) is 11.3. The van der Waals surface area contributed by atoms with E-state index in [1.54, 1.807) is 6.07 Å². The number of benzene rings is 1. The number of anilines is 1. The molecule has 2 saturated heterocycles. The van der Waals surface area contributed by atoms with Gasteiger partial charge in [-0.25, -0.2) is 18.7 Å². The number of allylic oxidation sites excluding steroid dienone is 1. The lowest BCUT2D eigenvalue weighted by molar-refractivity contribution is -0.165. The Bertz CT molecular complexity index is 1480. The summed E-state index contributed by atoms with van der Waals surface area (Å²) in [5.41, 5.74) is 1.07. The Kier molecular flexibility index (Phi) is 9.21. The lowest BCUT2D eigenvalue weighted by Crippen LogP contribution is -2.56. The maximum atomic E-state index is 14.9. The van der Waals surface area contributed by atoms with Gasteiger partial charge in [0.15, 0.2) is 11.9 Å². The van der Waals surface area contributed by atoms with Gasteiger partial charge in [-0.1, -0.05) is 12.2 Å². The Morgan fingerprint density at radius 3 is 2.84 bits per heavy atom. The molecule has 3 N–H and O–H groups in total. The van der Waals surface area contributed by atoms with Crippen molar-refractivity contribution in [3.63, 3.8) is 0 Å². The second-order valence-corrected chi connectivity index (χ2v) is 11.3. The van der Waals surface area contributed by atoms with Crippen molar-refractivity contribution in [2.75, 3.05) is 44.7 Å². The number of amides is 1. The number of alkyl halides is 2. The van der Waals surface area contributed by atoms with Gasteiger partial charge in [0, 0.05) is 42.9 Å². The fraction of sp³-hybridized carbons (Fsp3) is 0.500. The number of carbonyl (C=O) groups excluding carboxylic acids is 1. The SMILES string of the molecule is C[C@H](O)C(=O)N1CCC(Oc2ccc(-c3ncnc(NC4=CCC(C)(N5CCO[C@@H](CO)C5)C=C4)n3)cc2C#N)C(F)(F)C1. The van der Waals surface area contributed by atoms with E-state index in [1.165, 1.54) is 25.4 Å². The van der Waals surface area contributed by atoms with Gasteiger partial charge in [-0.3, -0.25) is 9.69 Å². The highest BCUT2D eigenvalue weighted by molar-refractivity contribution is 5.80. The molecule has 14 heteroatoms. The van der Waals surface area contributed by atoms with Crippen molar-refractivity contribution in [3.05, 3.63) is 54.0 Å². The standard InChI is InChI=1S/C30H35F2N7O5/c1-19(41)27(42)38-10-7-25(30(31,32)17-38)44-24-4-3-20(13-21(24)14-33)26-34-18-35-28(37-26)36-22-5-8-29(2,9-6-22)39-11-12-43-23(15-39)16-40/h3-6,8,13,18-19,23,25,40-41H,7,9-12,15-17H2,1-2H3,(H,34,35,36,37)/t19-,23+,25?,29?/m0/s1. The van der Waals surface area contributed by atoms with E-state index >= 15 is 0 Å². The molecule has 1 aromatic heterocycles. The highest BCUT2D eigenvalue weighted by atomic mass is 19.3. The number of likely N-dealkylation sites (tertiary alicyclic amines) is 1. The van der Waals surface area contributed by atoms with Crippen LogP contribution in [-0.4, -0.2) is 110 Å². The number of morpholine rings is 1. The number of nitrogens with zero attached hydrogens (tertiary/aromatic N) is 6. The number of aromatic nitrogens is 3. The first-order valence-corrected chi connectivity index (χ1v) is 14.4. The average Bonchev–Trinajstić information content (AvgIpc) is 3.03. The maximum Gasteiger partial charge on any atom is 0.301 e. The summed E-state index contributed by atoms with van der Waals surface area (Å²) in [7, 11) is 0. The topological polar surface area (TPSA) is 157 Å². The van der Waals surface area contributed by atoms with E-state index in [2.05, 4.69) is 38.2 Å². The van der Waals surface area contributed by atoms with Gasteiger partial charge in [0.2, 0.25) is 5.95 Å². The van der Waals surface area contributed by atoms with E-state index in [1.807, 2.05) is 18.2 Å². The summed E-state index contributed by atoms with van der Waals surface area (Å²) in [4.78, 5) is 28.1. The van der Waals surface area contributed by atoms with Crippen molar-refractivity contribution in [1.29, 1.82) is 5.26 Å². The fourth-order valence-corrected chi connectivity index (χ4v) is 5.50. The number of piperidine rings is 1. The van der Waals surface area contributed by atoms with Crippen molar-refractivity contribution in [2.45, 2.75) is 56.5 Å². The van der Waals surface area contributed by atoms with Crippen LogP contribution in [-0.2, 0) is 9.53 Å². The number of halogens is 2. The molecule has 0 saturated carbocycles. The summed E-state index contributed by atoms with van der Waals surface area (Å²) in [6.07, 6.45) is 4.88. The number of hydrogen-bond donors (Lipinski definition) is 3. The molecule has 0 radical (unpaired) electrons. The number of nitrogens with one attached hydrogen (secondary N) is 1. The molecule has 12 nitrogen and oxygen atoms in total. The van der Waals surface area contributed by atoms with Crippen LogP contribution in [0.3, 0.4) is 0 Å². The minimum Gasteiger partial charge on any atom is -0.483 e. The molecular weight excluding hydrogens is 576 g/mol. The lowest BCUT2D eigenvalue weighted by Gasteiger charge is -2.44. The van der Waals surface area contributed by atoms with Crippen LogP contribution in [0.25, 0.3) is 11.4 Å². The predicted octanol–water partition coefficient (Wildman–Crippen LogP) is 2.11. The van der Waals surface area contributed by atoms with Crippen molar-refractivity contribution < 1.29 is 33.3 Å². The summed E-state index contributed by atoms with van der Waals surface area (Å²) in [6, 6.07) is 6.45. The van der Waals surface area contributed by atoms with Crippen LogP contribution in [0.4, 0.5) is 14.7 Å². The lowest BCUT2D eigenvalue weighted by atomic mass is 9.89. The van der Waals surface area contributed by atoms with E-state index in [0.717, 1.165) is 23.6 Å². The molecule has 3 heterocycles. The molecule has 4 atom stereocenters. The molecule has 2 unspecified atom stereocenters. The highest BCUT2D eigenvalue weighted by Gasteiger charge is 2.48. The van der Waals surface area contributed by atoms with Crippen LogP contribution in [0.1, 0.15) is 32.3 Å². The number of aliphatic hydroxyl groups is 2. The zero-order valence-electron chi connectivity index (χ0n) is 24.5. The number of hydrogen-bond acceptors (Lipinski definition) is 11. The summed E-state index contributed by atoms with van der Waals surface area (Å²) in [5.74, 6) is -3.61. The van der Waals surface area contributed by atoms with Crippen LogP contribution in [0, 0.1) is 11.3 Å². The van der Waals surface area contributed by atoms with Crippen molar-refractivity contribution in [2.24, 2.45) is 0 Å². The van der Waals surface area contributed by atoms with E-state index in [4.69, 9.17) is 9.47 Å². The third-order valence-corrected chi connectivity index (χ3v) is 8.08. The van der Waals surface area contributed by atoms with Crippen molar-refractivity contribution >= 4 is 11.9 Å². The van der Waals surface area contributed by atoms with Crippen LogP contribution >= 0.6 is 0 Å². The van der Waals surface area contributed by atoms with Gasteiger partial charge in [-0.05, 0) is 44.5 Å². The largest absolute Gasteiger partial charge is 0.483 e. The number of ether oxygens (including phenoxy) is 2. The Morgan fingerprint density at radius 1 is 1.34 bits per heavy atom. The predicted molar refractivity (Wildman–Crippen MR) is 154 cm³/mol. The van der Waals surface area contributed by atoms with Crippen LogP contribution in [0.5, 0.6) is 5.75 Å². The number of aliphatic hydroxyl groups excluding tert-OH is 2. The second kappa shape index (κ2) is 12.9. The number of nitriles is 1. The molecule has 44 heavy (non-hydrogen) atoms. The Hall–Kier alpha value is -4.03. The third kappa shape index (κ3) is 6.86. The molecule has 3 aliphatic rings. The molecular formula is C30H35F2N7O5. The zero-order chi connectivity index (χ0) is 31.5. The molecule has 2 aromatic rings. The fourth-order valence-electron chi connectivity index (χ4n) is 5.50. The average molecular weight is 612 g/mol. The normalized spacial score (nSPS) is 25.9. The molecule has 1 aliphatic carbocycles. The van der Waals surface area contributed by atoms with Gasteiger partial charge >= 0.3 is 5.92 Å². The van der Waals surface area contributed by atoms with E-state index in [0.29, 0.717) is 24.7 Å². The first kappa shape index (κ1) is 31.4. The number of carbonyl (C=O) groups is 1. The minimum absolute atomic E-state index is 0.00709. The van der Waals surface area contributed by atoms with Gasteiger partial charge < -0.3 is 29.9 Å². The zero-order valence-corrected chi connectivity index (χ0v) is 24.5.